The molecular weight excluding hydrogens is 349 g/mol. The molecule has 1 heterocycles. The number of urea groups is 1. The Labute approximate surface area is 157 Å². The monoisotopic (exact) mass is 371 g/mol. The minimum absolute atomic E-state index is 0.0800. The second-order valence-corrected chi connectivity index (χ2v) is 6.45. The lowest BCUT2D eigenvalue weighted by molar-refractivity contribution is -0.118. The second kappa shape index (κ2) is 8.07. The minimum atomic E-state index is -0.632. The van der Waals surface area contributed by atoms with Gasteiger partial charge in [0.05, 0.1) is 19.3 Å². The van der Waals surface area contributed by atoms with Crippen LogP contribution in [0.15, 0.2) is 36.4 Å². The fourth-order valence-electron chi connectivity index (χ4n) is 3.26. The topological polar surface area (TPSA) is 70.7 Å². The summed E-state index contributed by atoms with van der Waals surface area (Å²) in [6.07, 6.45) is 1.62. The van der Waals surface area contributed by atoms with Gasteiger partial charge in [-0.25, -0.2) is 9.18 Å². The molecule has 7 heteroatoms. The van der Waals surface area contributed by atoms with Crippen LogP contribution in [0.3, 0.4) is 0 Å². The number of ether oxygens (including phenoxy) is 1. The molecule has 0 unspecified atom stereocenters. The third-order valence-electron chi connectivity index (χ3n) is 4.57. The molecule has 0 atom stereocenters. The summed E-state index contributed by atoms with van der Waals surface area (Å²) in [6, 6.07) is 9.28. The maximum Gasteiger partial charge on any atom is 0.325 e. The highest BCUT2D eigenvalue weighted by Gasteiger charge is 2.24. The van der Waals surface area contributed by atoms with Crippen LogP contribution in [0.25, 0.3) is 0 Å². The van der Waals surface area contributed by atoms with Crippen molar-refractivity contribution < 1.29 is 18.7 Å². The third-order valence-corrected chi connectivity index (χ3v) is 4.57. The maximum atomic E-state index is 14.3. The molecule has 1 aliphatic heterocycles. The highest BCUT2D eigenvalue weighted by Crippen LogP contribution is 2.32. The first kappa shape index (κ1) is 18.7. The molecule has 2 aromatic rings. The van der Waals surface area contributed by atoms with Crippen molar-refractivity contribution in [2.75, 3.05) is 30.4 Å². The predicted molar refractivity (Wildman–Crippen MR) is 102 cm³/mol. The predicted octanol–water partition coefficient (Wildman–Crippen LogP) is 3.24. The molecule has 0 aromatic heterocycles. The van der Waals surface area contributed by atoms with Crippen molar-refractivity contribution in [2.45, 2.75) is 19.8 Å². The van der Waals surface area contributed by atoms with Crippen LogP contribution in [0.1, 0.15) is 17.5 Å². The van der Waals surface area contributed by atoms with Gasteiger partial charge in [-0.05, 0) is 61.2 Å². The van der Waals surface area contributed by atoms with E-state index in [9.17, 15) is 14.0 Å². The van der Waals surface area contributed by atoms with E-state index < -0.39 is 11.9 Å². The molecule has 2 aromatic carbocycles. The zero-order valence-electron chi connectivity index (χ0n) is 15.3. The number of nitrogens with one attached hydrogen (secondary N) is 2. The SMILES string of the molecule is COc1ccc(NC(=O)NC(=O)CN2CCCc3c(C)ccc(F)c32)cc1. The van der Waals surface area contributed by atoms with Gasteiger partial charge in [0.25, 0.3) is 0 Å². The fourth-order valence-corrected chi connectivity index (χ4v) is 3.26. The lowest BCUT2D eigenvalue weighted by Gasteiger charge is -2.31. The summed E-state index contributed by atoms with van der Waals surface area (Å²) in [4.78, 5) is 26.0. The number of benzene rings is 2. The Kier molecular flexibility index (Phi) is 5.59. The number of carbonyl (C=O) groups excluding carboxylic acids is 2. The van der Waals surface area contributed by atoms with Gasteiger partial charge in [0.1, 0.15) is 11.6 Å². The molecule has 0 fully saturated rings. The molecule has 0 aliphatic carbocycles. The van der Waals surface area contributed by atoms with E-state index in [1.807, 2.05) is 6.92 Å². The number of hydrogen-bond acceptors (Lipinski definition) is 4. The minimum Gasteiger partial charge on any atom is -0.497 e. The van der Waals surface area contributed by atoms with Crippen molar-refractivity contribution in [1.82, 2.24) is 5.32 Å². The fraction of sp³-hybridized carbons (Fsp3) is 0.300. The van der Waals surface area contributed by atoms with Crippen molar-refractivity contribution in [2.24, 2.45) is 0 Å². The molecule has 0 saturated carbocycles. The zero-order chi connectivity index (χ0) is 19.4. The van der Waals surface area contributed by atoms with E-state index in [2.05, 4.69) is 10.6 Å². The Morgan fingerprint density at radius 3 is 2.63 bits per heavy atom. The molecule has 2 N–H and O–H groups in total. The van der Waals surface area contributed by atoms with Gasteiger partial charge in [-0.15, -0.1) is 0 Å². The maximum absolute atomic E-state index is 14.3. The number of imide groups is 1. The summed E-state index contributed by atoms with van der Waals surface area (Å²) in [7, 11) is 1.55. The lowest BCUT2D eigenvalue weighted by Crippen LogP contribution is -2.43. The van der Waals surface area contributed by atoms with E-state index in [0.29, 0.717) is 23.7 Å². The quantitative estimate of drug-likeness (QED) is 0.866. The summed E-state index contributed by atoms with van der Waals surface area (Å²) in [5.74, 6) is -0.168. The first-order valence-corrected chi connectivity index (χ1v) is 8.75. The third kappa shape index (κ3) is 4.36. The van der Waals surface area contributed by atoms with Crippen molar-refractivity contribution in [1.29, 1.82) is 0 Å². The van der Waals surface area contributed by atoms with Crippen molar-refractivity contribution in [3.63, 3.8) is 0 Å². The van der Waals surface area contributed by atoms with E-state index in [1.54, 1.807) is 42.3 Å². The van der Waals surface area contributed by atoms with E-state index in [1.165, 1.54) is 6.07 Å². The lowest BCUT2D eigenvalue weighted by atomic mass is 9.96. The number of amides is 3. The molecule has 0 saturated heterocycles. The number of anilines is 2. The van der Waals surface area contributed by atoms with Gasteiger partial charge in [0, 0.05) is 12.2 Å². The summed E-state index contributed by atoms with van der Waals surface area (Å²) in [5, 5.41) is 4.87. The van der Waals surface area contributed by atoms with Gasteiger partial charge in [-0.1, -0.05) is 6.07 Å². The number of fused-ring (bicyclic) bond motifs is 1. The number of hydrogen-bond donors (Lipinski definition) is 2. The largest absolute Gasteiger partial charge is 0.497 e. The molecular formula is C20H22FN3O3. The number of halogens is 1. The molecule has 3 amide bonds. The first-order chi connectivity index (χ1) is 13.0. The smallest absolute Gasteiger partial charge is 0.325 e. The second-order valence-electron chi connectivity index (χ2n) is 6.45. The molecule has 142 valence electrons. The van der Waals surface area contributed by atoms with Crippen molar-refractivity contribution in [3.05, 3.63) is 53.3 Å². The van der Waals surface area contributed by atoms with Crippen molar-refractivity contribution in [3.8, 4) is 5.75 Å². The van der Waals surface area contributed by atoms with Crippen LogP contribution in [0.4, 0.5) is 20.6 Å². The highest BCUT2D eigenvalue weighted by molar-refractivity contribution is 6.02. The summed E-state index contributed by atoms with van der Waals surface area (Å²) >= 11 is 0. The Bertz CT molecular complexity index is 852. The Hall–Kier alpha value is -3.09. The highest BCUT2D eigenvalue weighted by atomic mass is 19.1. The van der Waals surface area contributed by atoms with Gasteiger partial charge in [0.15, 0.2) is 0 Å². The van der Waals surface area contributed by atoms with E-state index >= 15 is 0 Å². The van der Waals surface area contributed by atoms with Crippen LogP contribution in [-0.4, -0.2) is 32.1 Å². The molecule has 27 heavy (non-hydrogen) atoms. The van der Waals surface area contributed by atoms with Crippen LogP contribution in [-0.2, 0) is 11.2 Å². The number of nitrogens with zero attached hydrogens (tertiary/aromatic N) is 1. The van der Waals surface area contributed by atoms with Crippen LogP contribution in [0.5, 0.6) is 5.75 Å². The van der Waals surface area contributed by atoms with Crippen LogP contribution in [0, 0.1) is 12.7 Å². The average Bonchev–Trinajstić information content (AvgIpc) is 2.65. The average molecular weight is 371 g/mol. The molecule has 6 nitrogen and oxygen atoms in total. The van der Waals surface area contributed by atoms with Gasteiger partial charge in [-0.2, -0.15) is 0 Å². The molecule has 0 radical (unpaired) electrons. The number of aryl methyl sites for hydroxylation is 1. The van der Waals surface area contributed by atoms with Crippen molar-refractivity contribution >= 4 is 23.3 Å². The van der Waals surface area contributed by atoms with Gasteiger partial charge in [-0.3, -0.25) is 10.1 Å². The Balaban J connectivity index is 1.61. The number of carbonyl (C=O) groups is 2. The molecule has 0 spiro atoms. The Morgan fingerprint density at radius 2 is 1.93 bits per heavy atom. The normalized spacial score (nSPS) is 12.9. The summed E-state index contributed by atoms with van der Waals surface area (Å²) in [6.45, 7) is 2.43. The standard InChI is InChI=1S/C20H22FN3O3/c1-13-5-10-17(21)19-16(13)4-3-11-24(19)12-18(25)23-20(26)22-14-6-8-15(27-2)9-7-14/h5-10H,3-4,11-12H2,1-2H3,(H2,22,23,25,26). The first-order valence-electron chi connectivity index (χ1n) is 8.75. The molecule has 1 aliphatic rings. The zero-order valence-corrected chi connectivity index (χ0v) is 15.3. The molecule has 0 bridgehead atoms. The molecule has 3 rings (SSSR count). The summed E-state index contributed by atoms with van der Waals surface area (Å²) in [5.41, 5.74) is 2.93. The van der Waals surface area contributed by atoms with Crippen LogP contribution >= 0.6 is 0 Å². The van der Waals surface area contributed by atoms with Crippen LogP contribution < -0.4 is 20.3 Å². The van der Waals surface area contributed by atoms with Gasteiger partial charge in [0.2, 0.25) is 5.91 Å². The van der Waals surface area contributed by atoms with E-state index in [4.69, 9.17) is 4.74 Å². The van der Waals surface area contributed by atoms with E-state index in [0.717, 1.165) is 24.0 Å². The van der Waals surface area contributed by atoms with E-state index in [-0.39, 0.29) is 12.4 Å². The van der Waals surface area contributed by atoms with Crippen LogP contribution in [0.2, 0.25) is 0 Å². The number of methoxy groups -OCH3 is 1. The summed E-state index contributed by atoms with van der Waals surface area (Å²) < 4.78 is 19.4. The van der Waals surface area contributed by atoms with Gasteiger partial charge >= 0.3 is 6.03 Å². The Morgan fingerprint density at radius 1 is 1.19 bits per heavy atom. The van der Waals surface area contributed by atoms with Gasteiger partial charge < -0.3 is 15.0 Å². The number of rotatable bonds is 4.